The number of pyridine rings is 1. The lowest BCUT2D eigenvalue weighted by molar-refractivity contribution is 0.0899. The lowest BCUT2D eigenvalue weighted by atomic mass is 9.90. The molecule has 1 aromatic carbocycles. The highest BCUT2D eigenvalue weighted by atomic mass is 16.1. The lowest BCUT2D eigenvalue weighted by Crippen LogP contribution is -2.17. The summed E-state index contributed by atoms with van der Waals surface area (Å²) < 4.78 is 0. The molecule has 0 amide bonds. The van der Waals surface area contributed by atoms with Crippen LogP contribution in [0, 0.1) is 11.8 Å². The highest BCUT2D eigenvalue weighted by Crippen LogP contribution is 2.19. The van der Waals surface area contributed by atoms with Crippen LogP contribution in [0.4, 0.5) is 0 Å². The van der Waals surface area contributed by atoms with Gasteiger partial charge in [0.25, 0.3) is 0 Å². The largest absolute Gasteiger partial charge is 0.294 e. The number of carbonyl (C=O) groups is 1. The summed E-state index contributed by atoms with van der Waals surface area (Å²) in [5, 5.41) is 1.02. The minimum atomic E-state index is 0.0398. The Labute approximate surface area is 102 Å². The van der Waals surface area contributed by atoms with Gasteiger partial charge < -0.3 is 0 Å². The van der Waals surface area contributed by atoms with Crippen molar-refractivity contribution >= 4 is 16.7 Å². The molecule has 0 bridgehead atoms. The number of carbonyl (C=O) groups excluding carboxylic acids is 1. The van der Waals surface area contributed by atoms with E-state index in [0.29, 0.717) is 11.5 Å². The zero-order chi connectivity index (χ0) is 12.4. The van der Waals surface area contributed by atoms with Crippen LogP contribution >= 0.6 is 0 Å². The molecule has 0 aliphatic heterocycles. The maximum absolute atomic E-state index is 12.2. The van der Waals surface area contributed by atoms with Gasteiger partial charge in [-0.15, -0.1) is 0 Å². The number of benzene rings is 1. The third kappa shape index (κ3) is 2.36. The molecule has 17 heavy (non-hydrogen) atoms. The predicted molar refractivity (Wildman–Crippen MR) is 70.1 cm³/mol. The molecule has 2 rings (SSSR count). The van der Waals surface area contributed by atoms with E-state index in [1.54, 1.807) is 6.20 Å². The normalized spacial score (nSPS) is 12.9. The van der Waals surface area contributed by atoms with Crippen LogP contribution in [0.3, 0.4) is 0 Å². The van der Waals surface area contributed by atoms with Crippen molar-refractivity contribution in [1.29, 1.82) is 0 Å². The van der Waals surface area contributed by atoms with Crippen LogP contribution in [0.2, 0.25) is 0 Å². The average molecular weight is 227 g/mol. The zero-order valence-corrected chi connectivity index (χ0v) is 10.5. The van der Waals surface area contributed by atoms with Crippen LogP contribution in [0.5, 0.6) is 0 Å². The molecule has 1 heterocycles. The van der Waals surface area contributed by atoms with E-state index in [4.69, 9.17) is 0 Å². The average Bonchev–Trinajstić information content (AvgIpc) is 2.36. The minimum Gasteiger partial charge on any atom is -0.294 e. The summed E-state index contributed by atoms with van der Waals surface area (Å²) in [5.41, 5.74) is 1.64. The first kappa shape index (κ1) is 11.8. The number of hydrogen-bond acceptors (Lipinski definition) is 2. The van der Waals surface area contributed by atoms with E-state index in [-0.39, 0.29) is 11.7 Å². The summed E-state index contributed by atoms with van der Waals surface area (Å²) in [5.74, 6) is 0.574. The summed E-state index contributed by atoms with van der Waals surface area (Å²) >= 11 is 0. The van der Waals surface area contributed by atoms with Crippen LogP contribution < -0.4 is 0 Å². The van der Waals surface area contributed by atoms with Gasteiger partial charge in [0, 0.05) is 23.1 Å². The third-order valence-electron chi connectivity index (χ3n) is 3.29. The summed E-state index contributed by atoms with van der Waals surface area (Å²) in [4.78, 5) is 16.5. The Morgan fingerprint density at radius 1 is 1.18 bits per heavy atom. The van der Waals surface area contributed by atoms with Gasteiger partial charge in [0.15, 0.2) is 5.78 Å². The van der Waals surface area contributed by atoms with Crippen molar-refractivity contribution in [3.05, 3.63) is 42.1 Å². The Kier molecular flexibility index (Phi) is 3.23. The molecule has 2 nitrogen and oxygen atoms in total. The van der Waals surface area contributed by atoms with Gasteiger partial charge in [-0.1, -0.05) is 39.0 Å². The van der Waals surface area contributed by atoms with E-state index in [0.717, 1.165) is 10.9 Å². The van der Waals surface area contributed by atoms with Crippen LogP contribution in [0.15, 0.2) is 36.5 Å². The first-order valence-corrected chi connectivity index (χ1v) is 5.98. The topological polar surface area (TPSA) is 30.0 Å². The fraction of sp³-hybridized carbons (Fsp3) is 0.333. The molecule has 2 aromatic rings. The highest BCUT2D eigenvalue weighted by Gasteiger charge is 2.18. The first-order chi connectivity index (χ1) is 8.09. The number of aromatic nitrogens is 1. The van der Waals surface area contributed by atoms with Crippen LogP contribution in [-0.4, -0.2) is 10.8 Å². The number of fused-ring (bicyclic) bond motifs is 1. The molecule has 0 saturated heterocycles. The van der Waals surface area contributed by atoms with Gasteiger partial charge in [-0.3, -0.25) is 9.78 Å². The summed E-state index contributed by atoms with van der Waals surface area (Å²) in [6.07, 6.45) is 1.68. The number of hydrogen-bond donors (Lipinski definition) is 0. The fourth-order valence-corrected chi connectivity index (χ4v) is 1.77. The van der Waals surface area contributed by atoms with E-state index in [1.165, 1.54) is 0 Å². The SMILES string of the molecule is CC(C)C(C)C(=O)c1cnc2ccccc2c1. The molecule has 0 saturated carbocycles. The van der Waals surface area contributed by atoms with E-state index < -0.39 is 0 Å². The number of nitrogens with zero attached hydrogens (tertiary/aromatic N) is 1. The fourth-order valence-electron chi connectivity index (χ4n) is 1.77. The second-order valence-corrected chi connectivity index (χ2v) is 4.81. The molecular formula is C15H17NO. The Bertz CT molecular complexity index is 545. The lowest BCUT2D eigenvalue weighted by Gasteiger charge is -2.14. The van der Waals surface area contributed by atoms with Crippen molar-refractivity contribution in [2.24, 2.45) is 11.8 Å². The second-order valence-electron chi connectivity index (χ2n) is 4.81. The van der Waals surface area contributed by atoms with Crippen LogP contribution in [-0.2, 0) is 0 Å². The van der Waals surface area contributed by atoms with Crippen LogP contribution in [0.25, 0.3) is 10.9 Å². The smallest absolute Gasteiger partial charge is 0.167 e. The highest BCUT2D eigenvalue weighted by molar-refractivity contribution is 6.00. The van der Waals surface area contributed by atoms with E-state index in [1.807, 2.05) is 37.3 Å². The quantitative estimate of drug-likeness (QED) is 0.748. The molecule has 0 radical (unpaired) electrons. The zero-order valence-electron chi connectivity index (χ0n) is 10.5. The first-order valence-electron chi connectivity index (χ1n) is 5.98. The van der Waals surface area contributed by atoms with Crippen molar-refractivity contribution in [3.8, 4) is 0 Å². The standard InChI is InChI=1S/C15H17NO/c1-10(2)11(3)15(17)13-8-12-6-4-5-7-14(12)16-9-13/h4-11H,1-3H3. The molecule has 0 aliphatic carbocycles. The number of ketones is 1. The summed E-state index contributed by atoms with van der Waals surface area (Å²) in [6, 6.07) is 9.79. The minimum absolute atomic E-state index is 0.0398. The monoisotopic (exact) mass is 227 g/mol. The summed E-state index contributed by atoms with van der Waals surface area (Å²) in [7, 11) is 0. The molecule has 0 aliphatic rings. The van der Waals surface area contributed by atoms with Gasteiger partial charge in [0.1, 0.15) is 0 Å². The maximum Gasteiger partial charge on any atom is 0.167 e. The molecule has 0 spiro atoms. The van der Waals surface area contributed by atoms with E-state index in [2.05, 4.69) is 18.8 Å². The predicted octanol–water partition coefficient (Wildman–Crippen LogP) is 3.71. The molecular weight excluding hydrogens is 210 g/mol. The van der Waals surface area contributed by atoms with Crippen molar-refractivity contribution in [2.75, 3.05) is 0 Å². The van der Waals surface area contributed by atoms with Gasteiger partial charge in [0.05, 0.1) is 5.52 Å². The number of Topliss-reactive ketones (excluding diaryl/α,β-unsaturated/α-hetero) is 1. The Balaban J connectivity index is 2.40. The van der Waals surface area contributed by atoms with Gasteiger partial charge in [-0.05, 0) is 18.1 Å². The third-order valence-corrected chi connectivity index (χ3v) is 3.29. The molecule has 1 aromatic heterocycles. The van der Waals surface area contributed by atoms with Crippen molar-refractivity contribution in [1.82, 2.24) is 4.98 Å². The Morgan fingerprint density at radius 3 is 2.59 bits per heavy atom. The van der Waals surface area contributed by atoms with Gasteiger partial charge in [0.2, 0.25) is 0 Å². The van der Waals surface area contributed by atoms with Gasteiger partial charge >= 0.3 is 0 Å². The molecule has 0 N–H and O–H groups in total. The van der Waals surface area contributed by atoms with E-state index >= 15 is 0 Å². The Morgan fingerprint density at radius 2 is 1.88 bits per heavy atom. The second kappa shape index (κ2) is 4.66. The molecule has 0 fully saturated rings. The van der Waals surface area contributed by atoms with Crippen molar-refractivity contribution in [2.45, 2.75) is 20.8 Å². The van der Waals surface area contributed by atoms with Crippen molar-refractivity contribution in [3.63, 3.8) is 0 Å². The molecule has 2 heteroatoms. The summed E-state index contributed by atoms with van der Waals surface area (Å²) in [6.45, 7) is 6.11. The van der Waals surface area contributed by atoms with Crippen LogP contribution in [0.1, 0.15) is 31.1 Å². The Hall–Kier alpha value is -1.70. The molecule has 1 atom stereocenters. The molecule has 88 valence electrons. The van der Waals surface area contributed by atoms with Crippen molar-refractivity contribution < 1.29 is 4.79 Å². The van der Waals surface area contributed by atoms with Gasteiger partial charge in [-0.2, -0.15) is 0 Å². The maximum atomic E-state index is 12.2. The molecule has 1 unspecified atom stereocenters. The number of para-hydroxylation sites is 1. The van der Waals surface area contributed by atoms with E-state index in [9.17, 15) is 4.79 Å². The van der Waals surface area contributed by atoms with Gasteiger partial charge in [-0.25, -0.2) is 0 Å². The number of rotatable bonds is 3.